The van der Waals surface area contributed by atoms with Gasteiger partial charge in [0.05, 0.1) is 17.7 Å². The number of hydrogen-bond donors (Lipinski definition) is 2. The predicted molar refractivity (Wildman–Crippen MR) is 81.2 cm³/mol. The van der Waals surface area contributed by atoms with Crippen LogP contribution < -0.4 is 10.6 Å². The SMILES string of the molecule is CCNc1nc(NC2(C)CCOC2)c2ccccc2n1. The molecule has 5 heteroatoms. The molecule has 0 saturated carbocycles. The molecule has 3 rings (SSSR count). The van der Waals surface area contributed by atoms with E-state index in [0.29, 0.717) is 12.6 Å². The molecule has 1 aliphatic heterocycles. The van der Waals surface area contributed by atoms with Crippen LogP contribution in [0.5, 0.6) is 0 Å². The van der Waals surface area contributed by atoms with Crippen molar-refractivity contribution in [3.05, 3.63) is 24.3 Å². The first kappa shape index (κ1) is 13.1. The van der Waals surface area contributed by atoms with E-state index in [-0.39, 0.29) is 5.54 Å². The van der Waals surface area contributed by atoms with Gasteiger partial charge in [0.1, 0.15) is 5.82 Å². The molecule has 0 bridgehead atoms. The summed E-state index contributed by atoms with van der Waals surface area (Å²) in [5.41, 5.74) is 0.893. The van der Waals surface area contributed by atoms with Crippen LogP contribution in [0.25, 0.3) is 10.9 Å². The summed E-state index contributed by atoms with van der Waals surface area (Å²) >= 11 is 0. The van der Waals surface area contributed by atoms with Gasteiger partial charge in [0.25, 0.3) is 0 Å². The minimum Gasteiger partial charge on any atom is -0.379 e. The Morgan fingerprint density at radius 3 is 2.90 bits per heavy atom. The molecule has 1 unspecified atom stereocenters. The molecule has 0 amide bonds. The lowest BCUT2D eigenvalue weighted by molar-refractivity contribution is 0.185. The largest absolute Gasteiger partial charge is 0.379 e. The van der Waals surface area contributed by atoms with Crippen molar-refractivity contribution in [2.24, 2.45) is 0 Å². The Balaban J connectivity index is 2.02. The molecule has 1 fully saturated rings. The van der Waals surface area contributed by atoms with Crippen molar-refractivity contribution in [1.29, 1.82) is 0 Å². The lowest BCUT2D eigenvalue weighted by atomic mass is 10.0. The molecule has 0 aliphatic carbocycles. The zero-order chi connectivity index (χ0) is 14.0. The maximum absolute atomic E-state index is 5.50. The van der Waals surface area contributed by atoms with Gasteiger partial charge in [-0.2, -0.15) is 4.98 Å². The first-order chi connectivity index (χ1) is 9.70. The molecule has 1 aromatic carbocycles. The van der Waals surface area contributed by atoms with Crippen LogP contribution in [0, 0.1) is 0 Å². The van der Waals surface area contributed by atoms with Crippen LogP contribution in [0.3, 0.4) is 0 Å². The molecule has 2 N–H and O–H groups in total. The van der Waals surface area contributed by atoms with Crippen molar-refractivity contribution in [1.82, 2.24) is 9.97 Å². The Morgan fingerprint density at radius 1 is 1.30 bits per heavy atom. The van der Waals surface area contributed by atoms with Crippen LogP contribution >= 0.6 is 0 Å². The van der Waals surface area contributed by atoms with Crippen molar-refractivity contribution in [3.63, 3.8) is 0 Å². The van der Waals surface area contributed by atoms with E-state index in [1.165, 1.54) is 0 Å². The second kappa shape index (κ2) is 5.25. The minimum absolute atomic E-state index is 0.0550. The van der Waals surface area contributed by atoms with Gasteiger partial charge in [0.2, 0.25) is 5.95 Å². The maximum atomic E-state index is 5.50. The summed E-state index contributed by atoms with van der Waals surface area (Å²) < 4.78 is 5.50. The van der Waals surface area contributed by atoms with Crippen molar-refractivity contribution < 1.29 is 4.74 Å². The lowest BCUT2D eigenvalue weighted by Crippen LogP contribution is -2.35. The first-order valence-electron chi connectivity index (χ1n) is 7.07. The van der Waals surface area contributed by atoms with Crippen molar-refractivity contribution >= 4 is 22.7 Å². The first-order valence-corrected chi connectivity index (χ1v) is 7.07. The van der Waals surface area contributed by atoms with Gasteiger partial charge in [-0.1, -0.05) is 12.1 Å². The van der Waals surface area contributed by atoms with E-state index in [2.05, 4.69) is 27.5 Å². The van der Waals surface area contributed by atoms with Crippen LogP contribution in [0.1, 0.15) is 20.3 Å². The van der Waals surface area contributed by atoms with Crippen LogP contribution in [0.15, 0.2) is 24.3 Å². The zero-order valence-corrected chi connectivity index (χ0v) is 11.9. The summed E-state index contributed by atoms with van der Waals surface area (Å²) in [6.07, 6.45) is 0.988. The molecule has 1 aliphatic rings. The molecular weight excluding hydrogens is 252 g/mol. The number of ether oxygens (including phenoxy) is 1. The third kappa shape index (κ3) is 2.54. The van der Waals surface area contributed by atoms with Gasteiger partial charge >= 0.3 is 0 Å². The van der Waals surface area contributed by atoms with Gasteiger partial charge in [0, 0.05) is 18.5 Å². The second-order valence-electron chi connectivity index (χ2n) is 5.43. The van der Waals surface area contributed by atoms with E-state index in [1.54, 1.807) is 0 Å². The molecule has 2 heterocycles. The molecule has 20 heavy (non-hydrogen) atoms. The third-order valence-electron chi connectivity index (χ3n) is 3.58. The fraction of sp³-hybridized carbons (Fsp3) is 0.467. The smallest absolute Gasteiger partial charge is 0.225 e. The Morgan fingerprint density at radius 2 is 2.15 bits per heavy atom. The highest BCUT2D eigenvalue weighted by Crippen LogP contribution is 2.28. The lowest BCUT2D eigenvalue weighted by Gasteiger charge is -2.25. The van der Waals surface area contributed by atoms with E-state index in [0.717, 1.165) is 36.3 Å². The quantitative estimate of drug-likeness (QED) is 0.896. The minimum atomic E-state index is -0.0550. The fourth-order valence-corrected chi connectivity index (χ4v) is 2.46. The van der Waals surface area contributed by atoms with Crippen molar-refractivity contribution in [2.75, 3.05) is 30.4 Å². The highest BCUT2D eigenvalue weighted by atomic mass is 16.5. The summed E-state index contributed by atoms with van der Waals surface area (Å²) in [5, 5.41) is 7.77. The van der Waals surface area contributed by atoms with Gasteiger partial charge in [0.15, 0.2) is 0 Å². The van der Waals surface area contributed by atoms with Gasteiger partial charge in [-0.15, -0.1) is 0 Å². The Bertz CT molecular complexity index is 608. The maximum Gasteiger partial charge on any atom is 0.225 e. The molecule has 5 nitrogen and oxygen atoms in total. The van der Waals surface area contributed by atoms with Crippen molar-refractivity contribution in [2.45, 2.75) is 25.8 Å². The fourth-order valence-electron chi connectivity index (χ4n) is 2.46. The van der Waals surface area contributed by atoms with Gasteiger partial charge in [-0.25, -0.2) is 4.98 Å². The average molecular weight is 272 g/mol. The van der Waals surface area contributed by atoms with Crippen LogP contribution in [-0.2, 0) is 4.74 Å². The van der Waals surface area contributed by atoms with Gasteiger partial charge < -0.3 is 15.4 Å². The Labute approximate surface area is 118 Å². The number of fused-ring (bicyclic) bond motifs is 1. The molecule has 1 atom stereocenters. The predicted octanol–water partition coefficient (Wildman–Crippen LogP) is 2.65. The van der Waals surface area contributed by atoms with Gasteiger partial charge in [-0.3, -0.25) is 0 Å². The number of benzene rings is 1. The molecule has 106 valence electrons. The van der Waals surface area contributed by atoms with Crippen LogP contribution in [0.4, 0.5) is 11.8 Å². The highest BCUT2D eigenvalue weighted by Gasteiger charge is 2.30. The second-order valence-corrected chi connectivity index (χ2v) is 5.43. The normalized spacial score (nSPS) is 22.1. The monoisotopic (exact) mass is 272 g/mol. The highest BCUT2D eigenvalue weighted by molar-refractivity contribution is 5.90. The van der Waals surface area contributed by atoms with Gasteiger partial charge in [-0.05, 0) is 32.4 Å². The van der Waals surface area contributed by atoms with Crippen molar-refractivity contribution in [3.8, 4) is 0 Å². The average Bonchev–Trinajstić information content (AvgIpc) is 2.86. The molecule has 2 aromatic rings. The van der Waals surface area contributed by atoms with E-state index in [9.17, 15) is 0 Å². The molecule has 0 radical (unpaired) electrons. The Kier molecular flexibility index (Phi) is 3.44. The molecule has 1 aromatic heterocycles. The number of rotatable bonds is 4. The van der Waals surface area contributed by atoms with Crippen LogP contribution in [0.2, 0.25) is 0 Å². The molecule has 1 saturated heterocycles. The summed E-state index contributed by atoms with van der Waals surface area (Å²) in [7, 11) is 0. The summed E-state index contributed by atoms with van der Waals surface area (Å²) in [6.45, 7) is 6.52. The van der Waals surface area contributed by atoms with E-state index < -0.39 is 0 Å². The summed E-state index contributed by atoms with van der Waals surface area (Å²) in [6, 6.07) is 8.07. The van der Waals surface area contributed by atoms with Crippen LogP contribution in [-0.4, -0.2) is 35.3 Å². The van der Waals surface area contributed by atoms with E-state index in [4.69, 9.17) is 4.74 Å². The number of aromatic nitrogens is 2. The summed E-state index contributed by atoms with van der Waals surface area (Å²) in [4.78, 5) is 9.14. The number of anilines is 2. The standard InChI is InChI=1S/C15H20N4O/c1-3-16-14-17-12-7-5-4-6-11(12)13(18-14)19-15(2)8-9-20-10-15/h4-7H,3,8-10H2,1-2H3,(H2,16,17,18,19). The number of hydrogen-bond acceptors (Lipinski definition) is 5. The zero-order valence-electron chi connectivity index (χ0n) is 11.9. The third-order valence-corrected chi connectivity index (χ3v) is 3.58. The topological polar surface area (TPSA) is 59.1 Å². The number of nitrogens with one attached hydrogen (secondary N) is 2. The summed E-state index contributed by atoms with van der Waals surface area (Å²) in [5.74, 6) is 1.54. The molecule has 0 spiro atoms. The van der Waals surface area contributed by atoms with E-state index in [1.807, 2.05) is 31.2 Å². The number of nitrogens with zero attached hydrogens (tertiary/aromatic N) is 2. The Hall–Kier alpha value is -1.88. The number of para-hydroxylation sites is 1. The molecular formula is C15H20N4O. The van der Waals surface area contributed by atoms with E-state index >= 15 is 0 Å².